The van der Waals surface area contributed by atoms with Crippen LogP contribution < -0.4 is 5.32 Å². The van der Waals surface area contributed by atoms with Crippen LogP contribution in [-0.2, 0) is 0 Å². The van der Waals surface area contributed by atoms with Crippen LogP contribution in [0.2, 0.25) is 0 Å². The highest BCUT2D eigenvalue weighted by Crippen LogP contribution is 2.51. The van der Waals surface area contributed by atoms with Gasteiger partial charge in [-0.05, 0) is 29.9 Å². The fraction of sp³-hybridized carbons (Fsp3) is 0.462. The van der Waals surface area contributed by atoms with Crippen LogP contribution in [0.3, 0.4) is 0 Å². The Kier molecular flexibility index (Phi) is 3.18. The number of hydrogen-bond donors (Lipinski definition) is 2. The molecular formula is C13H16N2O4. The van der Waals surface area contributed by atoms with Crippen molar-refractivity contribution in [1.82, 2.24) is 0 Å². The van der Waals surface area contributed by atoms with Gasteiger partial charge in [0, 0.05) is 12.6 Å². The van der Waals surface area contributed by atoms with Crippen LogP contribution in [0.4, 0.5) is 11.4 Å². The molecule has 6 nitrogen and oxygen atoms in total. The third kappa shape index (κ3) is 2.83. The number of nitrogens with zero attached hydrogens (tertiary/aromatic N) is 1. The van der Waals surface area contributed by atoms with E-state index in [9.17, 15) is 14.9 Å². The molecule has 1 aliphatic rings. The van der Waals surface area contributed by atoms with Crippen molar-refractivity contribution < 1.29 is 14.8 Å². The number of nitro benzene ring substituents is 1. The van der Waals surface area contributed by atoms with Crippen molar-refractivity contribution >= 4 is 17.3 Å². The molecule has 2 rings (SSSR count). The topological polar surface area (TPSA) is 92.5 Å². The molecule has 6 heteroatoms. The summed E-state index contributed by atoms with van der Waals surface area (Å²) in [5.41, 5.74) is 0.392. The summed E-state index contributed by atoms with van der Waals surface area (Å²) in [4.78, 5) is 21.2. The zero-order chi connectivity index (χ0) is 14.2. The van der Waals surface area contributed by atoms with Crippen molar-refractivity contribution in [1.29, 1.82) is 0 Å². The Balaban J connectivity index is 2.15. The summed E-state index contributed by atoms with van der Waals surface area (Å²) in [5.74, 6) is -0.663. The normalized spacial score (nSPS) is 19.8. The molecule has 0 aromatic heterocycles. The first-order valence-corrected chi connectivity index (χ1v) is 6.07. The van der Waals surface area contributed by atoms with Crippen LogP contribution in [-0.4, -0.2) is 22.5 Å². The Hall–Kier alpha value is -2.11. The van der Waals surface area contributed by atoms with Crippen molar-refractivity contribution in [3.63, 3.8) is 0 Å². The standard InChI is InChI=1S/C13H16N2O4/c1-13(2)6-9(13)7-14-10-4-3-8(12(16)17)5-11(10)15(18)19/h3-5,9,14H,6-7H2,1-2H3,(H,16,17). The van der Waals surface area contributed by atoms with Crippen LogP contribution in [0.25, 0.3) is 0 Å². The monoisotopic (exact) mass is 264 g/mol. The first-order valence-electron chi connectivity index (χ1n) is 6.07. The number of carbonyl (C=O) groups is 1. The lowest BCUT2D eigenvalue weighted by Crippen LogP contribution is -2.09. The van der Waals surface area contributed by atoms with Gasteiger partial charge in [0.25, 0.3) is 5.69 Å². The van der Waals surface area contributed by atoms with E-state index in [1.54, 1.807) is 0 Å². The molecule has 0 spiro atoms. The summed E-state index contributed by atoms with van der Waals surface area (Å²) < 4.78 is 0. The molecule has 1 fully saturated rings. The van der Waals surface area contributed by atoms with E-state index < -0.39 is 10.9 Å². The average Bonchev–Trinajstić information content (AvgIpc) is 2.94. The molecule has 1 aliphatic carbocycles. The predicted octanol–water partition coefficient (Wildman–Crippen LogP) is 2.75. The number of benzene rings is 1. The summed E-state index contributed by atoms with van der Waals surface area (Å²) in [7, 11) is 0. The van der Waals surface area contributed by atoms with Crippen molar-refractivity contribution in [2.45, 2.75) is 20.3 Å². The SMILES string of the molecule is CC1(C)CC1CNc1ccc(C(=O)O)cc1[N+](=O)[O-]. The molecule has 0 saturated heterocycles. The highest BCUT2D eigenvalue weighted by Gasteiger charge is 2.45. The van der Waals surface area contributed by atoms with Gasteiger partial charge >= 0.3 is 5.97 Å². The molecule has 1 saturated carbocycles. The molecule has 0 bridgehead atoms. The fourth-order valence-electron chi connectivity index (χ4n) is 2.12. The van der Waals surface area contributed by atoms with E-state index in [0.29, 0.717) is 23.6 Å². The number of nitro groups is 1. The minimum Gasteiger partial charge on any atom is -0.478 e. The maximum Gasteiger partial charge on any atom is 0.335 e. The minimum atomic E-state index is -1.17. The van der Waals surface area contributed by atoms with Gasteiger partial charge in [0.05, 0.1) is 10.5 Å². The van der Waals surface area contributed by atoms with Gasteiger partial charge in [-0.25, -0.2) is 4.79 Å². The number of nitrogens with one attached hydrogen (secondary N) is 1. The van der Waals surface area contributed by atoms with Gasteiger partial charge in [-0.15, -0.1) is 0 Å². The smallest absolute Gasteiger partial charge is 0.335 e. The molecule has 0 radical (unpaired) electrons. The lowest BCUT2D eigenvalue weighted by molar-refractivity contribution is -0.384. The molecule has 1 unspecified atom stereocenters. The van der Waals surface area contributed by atoms with E-state index in [2.05, 4.69) is 19.2 Å². The predicted molar refractivity (Wildman–Crippen MR) is 70.4 cm³/mol. The summed E-state index contributed by atoms with van der Waals surface area (Å²) in [6.45, 7) is 4.98. The van der Waals surface area contributed by atoms with Crippen molar-refractivity contribution in [3.8, 4) is 0 Å². The molecule has 1 aromatic rings. The molecule has 0 heterocycles. The fourth-order valence-corrected chi connectivity index (χ4v) is 2.12. The molecule has 102 valence electrons. The highest BCUT2D eigenvalue weighted by atomic mass is 16.6. The largest absolute Gasteiger partial charge is 0.478 e. The Morgan fingerprint density at radius 1 is 1.58 bits per heavy atom. The molecule has 0 amide bonds. The van der Waals surface area contributed by atoms with Gasteiger partial charge in [-0.3, -0.25) is 10.1 Å². The van der Waals surface area contributed by atoms with Gasteiger partial charge in [-0.1, -0.05) is 13.8 Å². The number of anilines is 1. The number of aromatic carboxylic acids is 1. The van der Waals surface area contributed by atoms with E-state index in [1.807, 2.05) is 0 Å². The van der Waals surface area contributed by atoms with Gasteiger partial charge in [0.2, 0.25) is 0 Å². The summed E-state index contributed by atoms with van der Waals surface area (Å²) in [5, 5.41) is 22.8. The van der Waals surface area contributed by atoms with Crippen LogP contribution >= 0.6 is 0 Å². The van der Waals surface area contributed by atoms with E-state index in [1.165, 1.54) is 12.1 Å². The van der Waals surface area contributed by atoms with Crippen molar-refractivity contribution in [2.75, 3.05) is 11.9 Å². The Labute approximate surface area is 110 Å². The zero-order valence-corrected chi connectivity index (χ0v) is 10.8. The first kappa shape index (κ1) is 13.3. The minimum absolute atomic E-state index is 0.0796. The number of rotatable bonds is 5. The quantitative estimate of drug-likeness (QED) is 0.630. The number of hydrogen-bond acceptors (Lipinski definition) is 4. The highest BCUT2D eigenvalue weighted by molar-refractivity contribution is 5.89. The molecule has 1 aromatic carbocycles. The maximum absolute atomic E-state index is 11.0. The van der Waals surface area contributed by atoms with E-state index >= 15 is 0 Å². The molecular weight excluding hydrogens is 248 g/mol. The van der Waals surface area contributed by atoms with E-state index in [-0.39, 0.29) is 11.3 Å². The summed E-state index contributed by atoms with van der Waals surface area (Å²) in [6.07, 6.45) is 1.10. The van der Waals surface area contributed by atoms with E-state index in [0.717, 1.165) is 12.5 Å². The van der Waals surface area contributed by atoms with E-state index in [4.69, 9.17) is 5.11 Å². The van der Waals surface area contributed by atoms with Gasteiger partial charge in [-0.2, -0.15) is 0 Å². The van der Waals surface area contributed by atoms with Gasteiger partial charge < -0.3 is 10.4 Å². The third-order valence-corrected chi connectivity index (χ3v) is 3.70. The van der Waals surface area contributed by atoms with Crippen LogP contribution in [0, 0.1) is 21.4 Å². The van der Waals surface area contributed by atoms with Gasteiger partial charge in [0.15, 0.2) is 0 Å². The number of carboxylic acids is 1. The Morgan fingerprint density at radius 3 is 2.68 bits per heavy atom. The molecule has 1 atom stereocenters. The van der Waals surface area contributed by atoms with Gasteiger partial charge in [0.1, 0.15) is 5.69 Å². The average molecular weight is 264 g/mol. The summed E-state index contributed by atoms with van der Waals surface area (Å²) >= 11 is 0. The lowest BCUT2D eigenvalue weighted by Gasteiger charge is -2.08. The van der Waals surface area contributed by atoms with Crippen molar-refractivity contribution in [3.05, 3.63) is 33.9 Å². The van der Waals surface area contributed by atoms with Crippen LogP contribution in [0.5, 0.6) is 0 Å². The second kappa shape index (κ2) is 4.53. The van der Waals surface area contributed by atoms with Crippen LogP contribution in [0.15, 0.2) is 18.2 Å². The molecule has 0 aliphatic heterocycles. The van der Waals surface area contributed by atoms with Crippen LogP contribution in [0.1, 0.15) is 30.6 Å². The van der Waals surface area contributed by atoms with Crippen molar-refractivity contribution in [2.24, 2.45) is 11.3 Å². The Morgan fingerprint density at radius 2 is 2.21 bits per heavy atom. The summed E-state index contributed by atoms with van der Waals surface area (Å²) in [6, 6.07) is 3.91. The molecule has 19 heavy (non-hydrogen) atoms. The first-order chi connectivity index (χ1) is 8.81. The number of carboxylic acid groups (broad SMARTS) is 1. The third-order valence-electron chi connectivity index (χ3n) is 3.70. The molecule has 2 N–H and O–H groups in total. The Bertz CT molecular complexity index is 539. The second-order valence-electron chi connectivity index (χ2n) is 5.56. The maximum atomic E-state index is 11.0. The zero-order valence-electron chi connectivity index (χ0n) is 10.8. The lowest BCUT2D eigenvalue weighted by atomic mass is 10.1. The second-order valence-corrected chi connectivity index (χ2v) is 5.56.